The second kappa shape index (κ2) is 6.44. The molecule has 0 saturated heterocycles. The molecule has 0 fully saturated rings. The molecule has 2 heterocycles. The number of benzene rings is 2. The second-order valence-corrected chi connectivity index (χ2v) is 6.07. The highest BCUT2D eigenvalue weighted by Gasteiger charge is 2.15. The van der Waals surface area contributed by atoms with Crippen LogP contribution in [0.4, 0.5) is 0 Å². The number of aromatic nitrogens is 1. The van der Waals surface area contributed by atoms with Crippen LogP contribution in [0.15, 0.2) is 69.9 Å². The Hall–Kier alpha value is -3.47. The number of amides is 1. The number of nitrogens with one attached hydrogen (secondary N) is 1. The van der Waals surface area contributed by atoms with Gasteiger partial charge in [0.05, 0.1) is 22.0 Å². The number of hydrogen-bond donors (Lipinski definition) is 1. The van der Waals surface area contributed by atoms with Crippen molar-refractivity contribution in [3.8, 4) is 0 Å². The van der Waals surface area contributed by atoms with E-state index in [4.69, 9.17) is 4.42 Å². The van der Waals surface area contributed by atoms with E-state index in [9.17, 15) is 9.59 Å². The topological polar surface area (TPSA) is 72.2 Å². The molecule has 1 amide bonds. The normalized spacial score (nSPS) is 11.0. The highest BCUT2D eigenvalue weighted by molar-refractivity contribution is 5.99. The first-order valence-corrected chi connectivity index (χ1v) is 8.29. The van der Waals surface area contributed by atoms with Gasteiger partial charge in [-0.25, -0.2) is 4.98 Å². The Morgan fingerprint density at radius 3 is 2.58 bits per heavy atom. The predicted molar refractivity (Wildman–Crippen MR) is 100 cm³/mol. The molecule has 0 atom stereocenters. The SMILES string of the molecule is Cc1nc2oc3ccccc3c(=O)c2cc1C(=O)NCc1ccccc1. The van der Waals surface area contributed by atoms with Crippen molar-refractivity contribution in [1.82, 2.24) is 10.3 Å². The van der Waals surface area contributed by atoms with Gasteiger partial charge in [0, 0.05) is 6.54 Å². The van der Waals surface area contributed by atoms with Crippen molar-refractivity contribution in [1.29, 1.82) is 0 Å². The molecule has 0 aliphatic rings. The van der Waals surface area contributed by atoms with Crippen LogP contribution >= 0.6 is 0 Å². The van der Waals surface area contributed by atoms with E-state index >= 15 is 0 Å². The van der Waals surface area contributed by atoms with Crippen LogP contribution in [0.1, 0.15) is 21.6 Å². The molecule has 0 aliphatic heterocycles. The molecule has 5 nitrogen and oxygen atoms in total. The maximum atomic E-state index is 12.7. The van der Waals surface area contributed by atoms with E-state index in [2.05, 4.69) is 10.3 Å². The number of para-hydroxylation sites is 1. The Bertz CT molecular complexity index is 1180. The summed E-state index contributed by atoms with van der Waals surface area (Å²) in [5.74, 6) is -0.270. The van der Waals surface area contributed by atoms with Crippen molar-refractivity contribution < 1.29 is 9.21 Å². The van der Waals surface area contributed by atoms with Crippen molar-refractivity contribution in [2.75, 3.05) is 0 Å². The lowest BCUT2D eigenvalue weighted by Crippen LogP contribution is -2.24. The van der Waals surface area contributed by atoms with Crippen molar-refractivity contribution in [3.63, 3.8) is 0 Å². The van der Waals surface area contributed by atoms with E-state index in [1.54, 1.807) is 37.3 Å². The summed E-state index contributed by atoms with van der Waals surface area (Å²) < 4.78 is 5.73. The standard InChI is InChI=1S/C21H16N2O3/c1-13-16(20(25)22-12-14-7-3-2-4-8-14)11-17-19(24)15-9-5-6-10-18(15)26-21(17)23-13/h2-11H,12H2,1H3,(H,22,25). The van der Waals surface area contributed by atoms with Crippen LogP contribution in [-0.4, -0.2) is 10.9 Å². The largest absolute Gasteiger partial charge is 0.437 e. The lowest BCUT2D eigenvalue weighted by atomic mass is 10.1. The molecule has 0 spiro atoms. The van der Waals surface area contributed by atoms with Crippen LogP contribution in [-0.2, 0) is 6.54 Å². The van der Waals surface area contributed by atoms with Gasteiger partial charge < -0.3 is 9.73 Å². The molecule has 0 radical (unpaired) electrons. The summed E-state index contributed by atoms with van der Waals surface area (Å²) in [6.45, 7) is 2.13. The second-order valence-electron chi connectivity index (χ2n) is 6.07. The summed E-state index contributed by atoms with van der Waals surface area (Å²) in [6.07, 6.45) is 0. The smallest absolute Gasteiger partial charge is 0.253 e. The van der Waals surface area contributed by atoms with Gasteiger partial charge in [-0.15, -0.1) is 0 Å². The van der Waals surface area contributed by atoms with E-state index in [0.29, 0.717) is 34.2 Å². The van der Waals surface area contributed by atoms with Crippen LogP contribution in [0.2, 0.25) is 0 Å². The van der Waals surface area contributed by atoms with Gasteiger partial charge in [0.1, 0.15) is 5.58 Å². The molecular weight excluding hydrogens is 328 g/mol. The van der Waals surface area contributed by atoms with Crippen LogP contribution < -0.4 is 10.7 Å². The van der Waals surface area contributed by atoms with Crippen LogP contribution in [0, 0.1) is 6.92 Å². The molecule has 128 valence electrons. The Balaban J connectivity index is 1.74. The Kier molecular flexibility index (Phi) is 3.97. The quantitative estimate of drug-likeness (QED) is 0.577. The zero-order chi connectivity index (χ0) is 18.1. The molecular formula is C21H16N2O3. The minimum atomic E-state index is -0.270. The highest BCUT2D eigenvalue weighted by atomic mass is 16.3. The summed E-state index contributed by atoms with van der Waals surface area (Å²) in [6, 6.07) is 18.2. The van der Waals surface area contributed by atoms with E-state index in [1.807, 2.05) is 30.3 Å². The number of carbonyl (C=O) groups excluding carboxylic acids is 1. The third-order valence-electron chi connectivity index (χ3n) is 4.30. The Morgan fingerprint density at radius 2 is 1.77 bits per heavy atom. The fourth-order valence-corrected chi connectivity index (χ4v) is 2.92. The van der Waals surface area contributed by atoms with E-state index < -0.39 is 0 Å². The van der Waals surface area contributed by atoms with Gasteiger partial charge in [-0.3, -0.25) is 9.59 Å². The molecule has 0 saturated carbocycles. The van der Waals surface area contributed by atoms with Crippen molar-refractivity contribution >= 4 is 28.0 Å². The van der Waals surface area contributed by atoms with Gasteiger partial charge in [0.25, 0.3) is 5.91 Å². The summed E-state index contributed by atoms with van der Waals surface area (Å²) in [5.41, 5.74) is 2.42. The summed E-state index contributed by atoms with van der Waals surface area (Å²) in [7, 11) is 0. The average Bonchev–Trinajstić information content (AvgIpc) is 2.67. The minimum Gasteiger partial charge on any atom is -0.437 e. The minimum absolute atomic E-state index is 0.188. The first-order chi connectivity index (χ1) is 12.6. The van der Waals surface area contributed by atoms with E-state index in [0.717, 1.165) is 5.56 Å². The molecule has 2 aromatic carbocycles. The fourth-order valence-electron chi connectivity index (χ4n) is 2.92. The highest BCUT2D eigenvalue weighted by Crippen LogP contribution is 2.19. The fraction of sp³-hybridized carbons (Fsp3) is 0.0952. The molecule has 5 heteroatoms. The van der Waals surface area contributed by atoms with Crippen LogP contribution in [0.3, 0.4) is 0 Å². The van der Waals surface area contributed by atoms with Crippen molar-refractivity contribution in [2.24, 2.45) is 0 Å². The number of hydrogen-bond acceptors (Lipinski definition) is 4. The number of pyridine rings is 1. The maximum absolute atomic E-state index is 12.7. The molecule has 4 aromatic rings. The first-order valence-electron chi connectivity index (χ1n) is 8.29. The third kappa shape index (κ3) is 2.84. The number of rotatable bonds is 3. The van der Waals surface area contributed by atoms with Gasteiger partial charge >= 0.3 is 0 Å². The molecule has 1 N–H and O–H groups in total. The van der Waals surface area contributed by atoms with Crippen molar-refractivity contribution in [2.45, 2.75) is 13.5 Å². The lowest BCUT2D eigenvalue weighted by Gasteiger charge is -2.09. The van der Waals surface area contributed by atoms with E-state index in [1.165, 1.54) is 0 Å². The van der Waals surface area contributed by atoms with Gasteiger partial charge in [-0.1, -0.05) is 42.5 Å². The summed E-state index contributed by atoms with van der Waals surface area (Å²) in [5, 5.41) is 3.64. The molecule has 2 aromatic heterocycles. The summed E-state index contributed by atoms with van der Waals surface area (Å²) >= 11 is 0. The zero-order valence-corrected chi connectivity index (χ0v) is 14.2. The monoisotopic (exact) mass is 344 g/mol. The van der Waals surface area contributed by atoms with Gasteiger partial charge in [-0.2, -0.15) is 0 Å². The van der Waals surface area contributed by atoms with Gasteiger partial charge in [0.2, 0.25) is 11.1 Å². The van der Waals surface area contributed by atoms with Gasteiger partial charge in [-0.05, 0) is 30.7 Å². The van der Waals surface area contributed by atoms with Gasteiger partial charge in [0.15, 0.2) is 0 Å². The number of aryl methyl sites for hydroxylation is 1. The average molecular weight is 344 g/mol. The molecule has 0 aliphatic carbocycles. The number of nitrogens with zero attached hydrogens (tertiary/aromatic N) is 1. The zero-order valence-electron chi connectivity index (χ0n) is 14.2. The first kappa shape index (κ1) is 16.0. The number of carbonyl (C=O) groups is 1. The Labute approximate surface area is 149 Å². The molecule has 4 rings (SSSR count). The van der Waals surface area contributed by atoms with Crippen LogP contribution in [0.5, 0.6) is 0 Å². The lowest BCUT2D eigenvalue weighted by molar-refractivity contribution is 0.0950. The third-order valence-corrected chi connectivity index (χ3v) is 4.30. The predicted octanol–water partition coefficient (Wildman–Crippen LogP) is 3.58. The molecule has 0 bridgehead atoms. The van der Waals surface area contributed by atoms with E-state index in [-0.39, 0.29) is 17.0 Å². The summed E-state index contributed by atoms with van der Waals surface area (Å²) in [4.78, 5) is 29.6. The maximum Gasteiger partial charge on any atom is 0.253 e. The molecule has 26 heavy (non-hydrogen) atoms. The molecule has 0 unspecified atom stereocenters. The number of fused-ring (bicyclic) bond motifs is 2. The van der Waals surface area contributed by atoms with Crippen LogP contribution in [0.25, 0.3) is 22.1 Å². The van der Waals surface area contributed by atoms with Crippen molar-refractivity contribution in [3.05, 3.63) is 87.7 Å². The Morgan fingerprint density at radius 1 is 1.04 bits per heavy atom.